The monoisotopic (exact) mass is 261 g/mol. The summed E-state index contributed by atoms with van der Waals surface area (Å²) in [6, 6.07) is 0. The Morgan fingerprint density at radius 3 is 1.88 bits per heavy atom. The SMILES string of the molecule is CC1CN(C(=O)C(F)(F)C(F)(F)F)CC(C)O1. The zero-order valence-electron chi connectivity index (χ0n) is 9.22. The molecule has 0 N–H and O–H groups in total. The van der Waals surface area contributed by atoms with Crippen LogP contribution in [0.1, 0.15) is 13.8 Å². The predicted octanol–water partition coefficient (Wildman–Crippen LogP) is 1.82. The summed E-state index contributed by atoms with van der Waals surface area (Å²) in [5, 5.41) is 0. The van der Waals surface area contributed by atoms with Gasteiger partial charge in [-0.3, -0.25) is 4.79 Å². The normalized spacial score (nSPS) is 27.1. The Morgan fingerprint density at radius 2 is 1.53 bits per heavy atom. The van der Waals surface area contributed by atoms with Gasteiger partial charge >= 0.3 is 18.0 Å². The number of nitrogens with zero attached hydrogens (tertiary/aromatic N) is 1. The predicted molar refractivity (Wildman–Crippen MR) is 47.6 cm³/mol. The third-order valence-electron chi connectivity index (χ3n) is 2.33. The van der Waals surface area contributed by atoms with Crippen LogP contribution in [0.5, 0.6) is 0 Å². The van der Waals surface area contributed by atoms with Crippen molar-refractivity contribution in [2.75, 3.05) is 13.1 Å². The molecular formula is C9H12F5NO2. The average Bonchev–Trinajstić information content (AvgIpc) is 2.13. The molecule has 2 atom stereocenters. The minimum Gasteiger partial charge on any atom is -0.372 e. The first kappa shape index (κ1) is 14.1. The first-order valence-corrected chi connectivity index (χ1v) is 4.95. The lowest BCUT2D eigenvalue weighted by Gasteiger charge is -2.37. The number of halogens is 5. The lowest BCUT2D eigenvalue weighted by atomic mass is 10.2. The minimum absolute atomic E-state index is 0.269. The van der Waals surface area contributed by atoms with Gasteiger partial charge in [0, 0.05) is 13.1 Å². The molecule has 8 heteroatoms. The molecule has 1 saturated heterocycles. The molecule has 0 aromatic heterocycles. The van der Waals surface area contributed by atoms with Crippen molar-refractivity contribution in [3.05, 3.63) is 0 Å². The number of carbonyl (C=O) groups is 1. The fraction of sp³-hybridized carbons (Fsp3) is 0.889. The van der Waals surface area contributed by atoms with Crippen molar-refractivity contribution in [2.45, 2.75) is 38.2 Å². The molecule has 1 heterocycles. The lowest BCUT2D eigenvalue weighted by Crippen LogP contribution is -2.57. The van der Waals surface area contributed by atoms with Crippen LogP contribution in [-0.4, -0.2) is 48.2 Å². The molecular weight excluding hydrogens is 249 g/mol. The summed E-state index contributed by atoms with van der Waals surface area (Å²) < 4.78 is 66.8. The Bertz CT molecular complexity index is 294. The van der Waals surface area contributed by atoms with E-state index in [9.17, 15) is 26.7 Å². The summed E-state index contributed by atoms with van der Waals surface area (Å²) in [6.45, 7) is 2.47. The van der Waals surface area contributed by atoms with Gasteiger partial charge in [0.15, 0.2) is 0 Å². The number of ether oxygens (including phenoxy) is 1. The Morgan fingerprint density at radius 1 is 1.12 bits per heavy atom. The fourth-order valence-electron chi connectivity index (χ4n) is 1.66. The summed E-state index contributed by atoms with van der Waals surface area (Å²) in [5.41, 5.74) is 0. The zero-order chi connectivity index (χ0) is 13.4. The highest BCUT2D eigenvalue weighted by molar-refractivity contribution is 5.84. The van der Waals surface area contributed by atoms with Gasteiger partial charge in [-0.05, 0) is 13.8 Å². The molecule has 0 aromatic carbocycles. The molecule has 0 spiro atoms. The third kappa shape index (κ3) is 2.85. The standard InChI is InChI=1S/C9H12F5NO2/c1-5-3-15(4-6(2)17-5)7(16)8(10,11)9(12,13)14/h5-6H,3-4H2,1-2H3. The minimum atomic E-state index is -5.87. The fourth-order valence-corrected chi connectivity index (χ4v) is 1.66. The summed E-state index contributed by atoms with van der Waals surface area (Å²) in [7, 11) is 0. The number of hydrogen-bond donors (Lipinski definition) is 0. The molecule has 1 aliphatic rings. The van der Waals surface area contributed by atoms with Crippen LogP contribution >= 0.6 is 0 Å². The van der Waals surface area contributed by atoms with Crippen LogP contribution in [0.25, 0.3) is 0 Å². The Balaban J connectivity index is 2.83. The van der Waals surface area contributed by atoms with Gasteiger partial charge in [0.2, 0.25) is 0 Å². The first-order chi connectivity index (χ1) is 7.55. The van der Waals surface area contributed by atoms with Gasteiger partial charge in [0.05, 0.1) is 12.2 Å². The van der Waals surface area contributed by atoms with Gasteiger partial charge in [-0.1, -0.05) is 0 Å². The average molecular weight is 261 g/mol. The molecule has 1 rings (SSSR count). The van der Waals surface area contributed by atoms with Crippen molar-refractivity contribution < 1.29 is 31.5 Å². The van der Waals surface area contributed by atoms with Crippen molar-refractivity contribution in [2.24, 2.45) is 0 Å². The van der Waals surface area contributed by atoms with E-state index in [0.29, 0.717) is 4.90 Å². The molecule has 0 saturated carbocycles. The molecule has 0 aromatic rings. The van der Waals surface area contributed by atoms with Gasteiger partial charge < -0.3 is 9.64 Å². The van der Waals surface area contributed by atoms with Gasteiger partial charge in [0.25, 0.3) is 0 Å². The second kappa shape index (κ2) is 4.40. The number of amides is 1. The lowest BCUT2D eigenvalue weighted by molar-refractivity contribution is -0.276. The van der Waals surface area contributed by atoms with Crippen molar-refractivity contribution >= 4 is 5.91 Å². The van der Waals surface area contributed by atoms with Crippen LogP contribution in [0, 0.1) is 0 Å². The van der Waals surface area contributed by atoms with E-state index in [1.165, 1.54) is 13.8 Å². The van der Waals surface area contributed by atoms with E-state index < -0.39 is 30.2 Å². The second-order valence-corrected chi connectivity index (χ2v) is 4.04. The molecule has 1 aliphatic heterocycles. The van der Waals surface area contributed by atoms with E-state index in [2.05, 4.69) is 0 Å². The first-order valence-electron chi connectivity index (χ1n) is 4.95. The molecule has 0 aliphatic carbocycles. The zero-order valence-corrected chi connectivity index (χ0v) is 9.22. The maximum atomic E-state index is 12.8. The Labute approximate surface area is 94.5 Å². The second-order valence-electron chi connectivity index (χ2n) is 4.04. The van der Waals surface area contributed by atoms with E-state index in [0.717, 1.165) is 0 Å². The van der Waals surface area contributed by atoms with Crippen LogP contribution in [0.15, 0.2) is 0 Å². The number of morpholine rings is 1. The van der Waals surface area contributed by atoms with Gasteiger partial charge in [0.1, 0.15) is 0 Å². The summed E-state index contributed by atoms with van der Waals surface area (Å²) in [6.07, 6.45) is -6.99. The highest BCUT2D eigenvalue weighted by Gasteiger charge is 2.64. The Kier molecular flexibility index (Phi) is 3.66. The molecule has 3 nitrogen and oxygen atoms in total. The number of rotatable bonds is 1. The van der Waals surface area contributed by atoms with Crippen molar-refractivity contribution in [3.63, 3.8) is 0 Å². The number of alkyl halides is 5. The van der Waals surface area contributed by atoms with Crippen molar-refractivity contribution in [3.8, 4) is 0 Å². The van der Waals surface area contributed by atoms with Gasteiger partial charge in [-0.15, -0.1) is 0 Å². The van der Waals surface area contributed by atoms with Crippen LogP contribution in [0.4, 0.5) is 22.0 Å². The van der Waals surface area contributed by atoms with Crippen LogP contribution in [0.3, 0.4) is 0 Å². The molecule has 0 radical (unpaired) electrons. The highest BCUT2D eigenvalue weighted by atomic mass is 19.4. The summed E-state index contributed by atoms with van der Waals surface area (Å²) >= 11 is 0. The maximum absolute atomic E-state index is 12.8. The van der Waals surface area contributed by atoms with E-state index in [1.54, 1.807) is 0 Å². The summed E-state index contributed by atoms with van der Waals surface area (Å²) in [4.78, 5) is 11.7. The largest absolute Gasteiger partial charge is 0.463 e. The van der Waals surface area contributed by atoms with Gasteiger partial charge in [-0.25, -0.2) is 0 Å². The van der Waals surface area contributed by atoms with E-state index in [4.69, 9.17) is 4.74 Å². The topological polar surface area (TPSA) is 29.5 Å². The van der Waals surface area contributed by atoms with Crippen molar-refractivity contribution in [1.82, 2.24) is 4.90 Å². The van der Waals surface area contributed by atoms with E-state index in [-0.39, 0.29) is 13.1 Å². The Hall–Kier alpha value is -0.920. The number of carbonyl (C=O) groups excluding carboxylic acids is 1. The molecule has 0 bridgehead atoms. The third-order valence-corrected chi connectivity index (χ3v) is 2.33. The quantitative estimate of drug-likeness (QED) is 0.674. The molecule has 17 heavy (non-hydrogen) atoms. The van der Waals surface area contributed by atoms with Crippen LogP contribution in [-0.2, 0) is 9.53 Å². The maximum Gasteiger partial charge on any atom is 0.463 e. The molecule has 1 fully saturated rings. The van der Waals surface area contributed by atoms with E-state index >= 15 is 0 Å². The van der Waals surface area contributed by atoms with Crippen molar-refractivity contribution in [1.29, 1.82) is 0 Å². The molecule has 100 valence electrons. The number of hydrogen-bond acceptors (Lipinski definition) is 2. The smallest absolute Gasteiger partial charge is 0.372 e. The van der Waals surface area contributed by atoms with E-state index in [1.807, 2.05) is 0 Å². The molecule has 2 unspecified atom stereocenters. The summed E-state index contributed by atoms with van der Waals surface area (Å²) in [5.74, 6) is -7.56. The highest BCUT2D eigenvalue weighted by Crippen LogP contribution is 2.37. The van der Waals surface area contributed by atoms with Crippen LogP contribution in [0.2, 0.25) is 0 Å². The van der Waals surface area contributed by atoms with Crippen LogP contribution < -0.4 is 0 Å². The molecule has 1 amide bonds. The van der Waals surface area contributed by atoms with Gasteiger partial charge in [-0.2, -0.15) is 22.0 Å².